The third-order valence-electron chi connectivity index (χ3n) is 2.56. The fourth-order valence-corrected chi connectivity index (χ4v) is 1.45. The second kappa shape index (κ2) is 2.84. The molecule has 0 heterocycles. The van der Waals surface area contributed by atoms with Crippen molar-refractivity contribution in [3.05, 3.63) is 0 Å². The Kier molecular flexibility index (Phi) is 2.90. The zero-order chi connectivity index (χ0) is 7.65. The van der Waals surface area contributed by atoms with Crippen LogP contribution >= 0.6 is 0 Å². The Morgan fingerprint density at radius 1 is 1.33 bits per heavy atom. The molecule has 0 saturated carbocycles. The van der Waals surface area contributed by atoms with Crippen LogP contribution in [0.15, 0.2) is 0 Å². The van der Waals surface area contributed by atoms with Crippen LogP contribution in [0.25, 0.3) is 0 Å². The van der Waals surface area contributed by atoms with E-state index in [1.165, 1.54) is 0 Å². The maximum absolute atomic E-state index is 9.39. The first kappa shape index (κ1) is 9.18. The van der Waals surface area contributed by atoms with Crippen molar-refractivity contribution in [1.29, 1.82) is 0 Å². The molecule has 0 aliphatic carbocycles. The molecule has 2 heteroatoms. The molecule has 0 aliphatic heterocycles. The summed E-state index contributed by atoms with van der Waals surface area (Å²) in [6.45, 7) is 10.6. The van der Waals surface area contributed by atoms with Gasteiger partial charge in [-0.1, -0.05) is 27.7 Å². The van der Waals surface area contributed by atoms with Crippen molar-refractivity contribution in [2.75, 3.05) is 0 Å². The number of hydrogen-bond donors (Lipinski definition) is 1. The van der Waals surface area contributed by atoms with Crippen molar-refractivity contribution >= 4 is 9.04 Å². The quantitative estimate of drug-likeness (QED) is 0.589. The van der Waals surface area contributed by atoms with Crippen LogP contribution in [-0.2, 0) is 0 Å². The molecule has 0 saturated heterocycles. The van der Waals surface area contributed by atoms with E-state index in [2.05, 4.69) is 27.7 Å². The average Bonchev–Trinajstić information content (AvgIpc) is 1.65. The van der Waals surface area contributed by atoms with Gasteiger partial charge < -0.3 is 4.80 Å². The van der Waals surface area contributed by atoms with Crippen molar-refractivity contribution < 1.29 is 4.80 Å². The van der Waals surface area contributed by atoms with Gasteiger partial charge in [-0.2, -0.15) is 0 Å². The lowest BCUT2D eigenvalue weighted by Crippen LogP contribution is -2.29. The normalized spacial score (nSPS) is 16.3. The van der Waals surface area contributed by atoms with E-state index in [1.807, 2.05) is 6.55 Å². The minimum Gasteiger partial charge on any atom is -0.434 e. The van der Waals surface area contributed by atoms with E-state index in [0.29, 0.717) is 5.92 Å². The molecule has 0 aliphatic rings. The van der Waals surface area contributed by atoms with Gasteiger partial charge in [0.25, 0.3) is 0 Å². The van der Waals surface area contributed by atoms with Crippen LogP contribution in [-0.4, -0.2) is 13.8 Å². The zero-order valence-corrected chi connectivity index (χ0v) is 8.26. The minimum atomic E-state index is -1.44. The summed E-state index contributed by atoms with van der Waals surface area (Å²) in [5, 5.41) is 0.194. The van der Waals surface area contributed by atoms with E-state index < -0.39 is 9.04 Å². The van der Waals surface area contributed by atoms with Gasteiger partial charge in [-0.05, 0) is 17.5 Å². The number of rotatable bonds is 2. The Labute approximate surface area is 59.8 Å². The molecule has 1 unspecified atom stereocenters. The maximum atomic E-state index is 9.39. The van der Waals surface area contributed by atoms with E-state index in [0.717, 1.165) is 0 Å². The molecular weight excluding hydrogens is 128 g/mol. The molecule has 0 bridgehead atoms. The highest BCUT2D eigenvalue weighted by Crippen LogP contribution is 2.35. The highest BCUT2D eigenvalue weighted by Gasteiger charge is 2.29. The van der Waals surface area contributed by atoms with Gasteiger partial charge in [-0.15, -0.1) is 0 Å². The topological polar surface area (TPSA) is 20.2 Å². The molecule has 56 valence electrons. The summed E-state index contributed by atoms with van der Waals surface area (Å²) >= 11 is 0. The summed E-state index contributed by atoms with van der Waals surface area (Å²) < 4.78 is 0. The van der Waals surface area contributed by atoms with Crippen LogP contribution in [0.3, 0.4) is 0 Å². The third kappa shape index (κ3) is 2.10. The van der Waals surface area contributed by atoms with E-state index in [4.69, 9.17) is 0 Å². The van der Waals surface area contributed by atoms with Crippen molar-refractivity contribution in [1.82, 2.24) is 0 Å². The van der Waals surface area contributed by atoms with Gasteiger partial charge in [-0.3, -0.25) is 0 Å². The van der Waals surface area contributed by atoms with Crippen LogP contribution in [0.2, 0.25) is 11.6 Å². The highest BCUT2D eigenvalue weighted by atomic mass is 28.3. The molecule has 0 aromatic heterocycles. The van der Waals surface area contributed by atoms with E-state index in [9.17, 15) is 4.80 Å². The van der Waals surface area contributed by atoms with Crippen molar-refractivity contribution in [2.45, 2.75) is 39.3 Å². The predicted molar refractivity (Wildman–Crippen MR) is 44.1 cm³/mol. The molecule has 0 aromatic carbocycles. The summed E-state index contributed by atoms with van der Waals surface area (Å²) in [4.78, 5) is 9.39. The molecule has 0 rings (SSSR count). The van der Waals surface area contributed by atoms with E-state index >= 15 is 0 Å². The lowest BCUT2D eigenvalue weighted by molar-refractivity contribution is 0.408. The zero-order valence-electron chi connectivity index (χ0n) is 7.10. The first-order chi connectivity index (χ1) is 3.89. The largest absolute Gasteiger partial charge is 0.434 e. The Hall–Kier alpha value is 0.177. The Morgan fingerprint density at radius 3 is 1.67 bits per heavy atom. The summed E-state index contributed by atoms with van der Waals surface area (Å²) in [6.07, 6.45) is 0. The monoisotopic (exact) mass is 146 g/mol. The summed E-state index contributed by atoms with van der Waals surface area (Å²) in [5.41, 5.74) is 0. The minimum absolute atomic E-state index is 0.194. The molecule has 0 spiro atoms. The third-order valence-corrected chi connectivity index (χ3v) is 5.38. The van der Waals surface area contributed by atoms with Crippen LogP contribution in [0, 0.1) is 5.92 Å². The SMILES string of the molecule is CC(C)C(C)(C)[SiH](C)O. The van der Waals surface area contributed by atoms with Crippen LogP contribution < -0.4 is 0 Å². The van der Waals surface area contributed by atoms with Gasteiger partial charge >= 0.3 is 0 Å². The van der Waals surface area contributed by atoms with Gasteiger partial charge in [0.15, 0.2) is 9.04 Å². The fourth-order valence-electron chi connectivity index (χ4n) is 0.482. The van der Waals surface area contributed by atoms with Gasteiger partial charge in [0.1, 0.15) is 0 Å². The van der Waals surface area contributed by atoms with Crippen LogP contribution in [0.1, 0.15) is 27.7 Å². The number of hydrogen-bond acceptors (Lipinski definition) is 1. The van der Waals surface area contributed by atoms with Gasteiger partial charge in [-0.25, -0.2) is 0 Å². The van der Waals surface area contributed by atoms with Crippen LogP contribution in [0.4, 0.5) is 0 Å². The van der Waals surface area contributed by atoms with Crippen LogP contribution in [0.5, 0.6) is 0 Å². The average molecular weight is 146 g/mol. The molecule has 1 atom stereocenters. The van der Waals surface area contributed by atoms with E-state index in [1.54, 1.807) is 0 Å². The summed E-state index contributed by atoms with van der Waals surface area (Å²) in [7, 11) is -1.44. The first-order valence-corrected chi connectivity index (χ1v) is 5.82. The molecular formula is C7H18OSi. The molecule has 0 fully saturated rings. The summed E-state index contributed by atoms with van der Waals surface area (Å²) in [6, 6.07) is 0. The standard InChI is InChI=1S/C7H18OSi/c1-6(2)7(3,4)9(5)8/h6,8-9H,1-5H3. The predicted octanol–water partition coefficient (Wildman–Crippen LogP) is 1.77. The maximum Gasteiger partial charge on any atom is 0.175 e. The first-order valence-electron chi connectivity index (χ1n) is 3.57. The molecule has 0 aromatic rings. The molecule has 1 nitrogen and oxygen atoms in total. The lowest BCUT2D eigenvalue weighted by Gasteiger charge is -2.30. The van der Waals surface area contributed by atoms with Gasteiger partial charge in [0, 0.05) is 0 Å². The lowest BCUT2D eigenvalue weighted by atomic mass is 9.99. The van der Waals surface area contributed by atoms with Gasteiger partial charge in [0.05, 0.1) is 0 Å². The van der Waals surface area contributed by atoms with Crippen molar-refractivity contribution in [3.8, 4) is 0 Å². The Morgan fingerprint density at radius 2 is 1.67 bits per heavy atom. The molecule has 9 heavy (non-hydrogen) atoms. The smallest absolute Gasteiger partial charge is 0.175 e. The molecule has 1 N–H and O–H groups in total. The molecule has 0 amide bonds. The highest BCUT2D eigenvalue weighted by molar-refractivity contribution is 6.52. The fraction of sp³-hybridized carbons (Fsp3) is 1.00. The van der Waals surface area contributed by atoms with Gasteiger partial charge in [0.2, 0.25) is 0 Å². The molecule has 0 radical (unpaired) electrons. The summed E-state index contributed by atoms with van der Waals surface area (Å²) in [5.74, 6) is 0.601. The van der Waals surface area contributed by atoms with Crippen molar-refractivity contribution in [2.24, 2.45) is 5.92 Å². The second-order valence-electron chi connectivity index (χ2n) is 3.65. The van der Waals surface area contributed by atoms with Crippen molar-refractivity contribution in [3.63, 3.8) is 0 Å². The Bertz CT molecular complexity index is 76.9. The second-order valence-corrected chi connectivity index (χ2v) is 6.49. The Balaban J connectivity index is 4.01. The van der Waals surface area contributed by atoms with E-state index in [-0.39, 0.29) is 5.04 Å².